The average molecular weight is 179 g/mol. The minimum Gasteiger partial charge on any atom is -0.347 e. The number of hydrogen-bond acceptors (Lipinski definition) is 5. The molecule has 2 N–H and O–H groups in total. The third kappa shape index (κ3) is 2.40. The Morgan fingerprint density at radius 2 is 2.15 bits per heavy atom. The molecule has 5 nitrogen and oxygen atoms in total. The number of nitrogens with zero attached hydrogens (tertiary/aromatic N) is 4. The molecule has 0 aliphatic rings. The van der Waals surface area contributed by atoms with E-state index in [-0.39, 0.29) is 0 Å². The van der Waals surface area contributed by atoms with Crippen molar-refractivity contribution in [2.45, 2.75) is 6.92 Å². The summed E-state index contributed by atoms with van der Waals surface area (Å²) in [5, 5.41) is 3.41. The van der Waals surface area contributed by atoms with Crippen LogP contribution in [-0.4, -0.2) is 30.3 Å². The van der Waals surface area contributed by atoms with Crippen molar-refractivity contribution in [2.24, 2.45) is 10.9 Å². The van der Waals surface area contributed by atoms with Gasteiger partial charge in [-0.05, 0) is 13.0 Å². The maximum atomic E-state index is 5.03. The summed E-state index contributed by atoms with van der Waals surface area (Å²) >= 11 is 0. The van der Waals surface area contributed by atoms with Gasteiger partial charge in [0.05, 0.1) is 11.9 Å². The van der Waals surface area contributed by atoms with E-state index in [4.69, 9.17) is 5.84 Å². The lowest BCUT2D eigenvalue weighted by Crippen LogP contribution is -2.14. The highest BCUT2D eigenvalue weighted by Gasteiger charge is 2.01. The molecule has 0 aliphatic carbocycles. The molecule has 70 valence electrons. The highest BCUT2D eigenvalue weighted by Crippen LogP contribution is 2.05. The summed E-state index contributed by atoms with van der Waals surface area (Å²) in [5.41, 5.74) is 1.62. The summed E-state index contributed by atoms with van der Waals surface area (Å²) in [4.78, 5) is 10.3. The fourth-order valence-electron chi connectivity index (χ4n) is 0.919. The van der Waals surface area contributed by atoms with Crippen LogP contribution in [0.4, 0.5) is 5.95 Å². The van der Waals surface area contributed by atoms with E-state index >= 15 is 0 Å². The molecular formula is C8H13N5. The van der Waals surface area contributed by atoms with Gasteiger partial charge in [0.25, 0.3) is 0 Å². The van der Waals surface area contributed by atoms with Gasteiger partial charge in [-0.15, -0.1) is 0 Å². The molecule has 1 heterocycles. The number of anilines is 1. The van der Waals surface area contributed by atoms with E-state index in [1.54, 1.807) is 0 Å². The number of aromatic nitrogens is 2. The van der Waals surface area contributed by atoms with Crippen molar-refractivity contribution in [2.75, 3.05) is 19.0 Å². The standard InChI is InChI=1S/C8H13N5/c1-6-4-7(5-10-9)12-8(11-6)13(2)3/h4-5H,9H2,1-3H3/b10-5+. The van der Waals surface area contributed by atoms with E-state index in [0.29, 0.717) is 5.95 Å². The van der Waals surface area contributed by atoms with Gasteiger partial charge < -0.3 is 10.7 Å². The molecule has 1 rings (SSSR count). The molecule has 1 aromatic heterocycles. The number of nitrogens with two attached hydrogens (primary N) is 1. The molecule has 0 spiro atoms. The topological polar surface area (TPSA) is 67.4 Å². The summed E-state index contributed by atoms with van der Waals surface area (Å²) in [7, 11) is 3.77. The molecule has 0 atom stereocenters. The van der Waals surface area contributed by atoms with Crippen molar-refractivity contribution in [3.63, 3.8) is 0 Å². The van der Waals surface area contributed by atoms with Crippen LogP contribution < -0.4 is 10.7 Å². The number of rotatable bonds is 2. The van der Waals surface area contributed by atoms with Gasteiger partial charge in [0.2, 0.25) is 5.95 Å². The molecule has 0 saturated heterocycles. The lowest BCUT2D eigenvalue weighted by atomic mass is 10.3. The first kappa shape index (κ1) is 9.44. The molecule has 1 aromatic rings. The molecule has 0 fully saturated rings. The number of aryl methyl sites for hydroxylation is 1. The SMILES string of the molecule is Cc1cc(/C=N/N)nc(N(C)C)n1. The van der Waals surface area contributed by atoms with Crippen LogP contribution >= 0.6 is 0 Å². The van der Waals surface area contributed by atoms with Gasteiger partial charge in [-0.1, -0.05) is 0 Å². The van der Waals surface area contributed by atoms with E-state index in [0.717, 1.165) is 11.4 Å². The van der Waals surface area contributed by atoms with E-state index in [9.17, 15) is 0 Å². The van der Waals surface area contributed by atoms with Gasteiger partial charge in [0.15, 0.2) is 0 Å². The second kappa shape index (κ2) is 3.84. The van der Waals surface area contributed by atoms with Gasteiger partial charge in [0, 0.05) is 19.8 Å². The van der Waals surface area contributed by atoms with Crippen molar-refractivity contribution in [1.29, 1.82) is 0 Å². The maximum Gasteiger partial charge on any atom is 0.225 e. The summed E-state index contributed by atoms with van der Waals surface area (Å²) in [6.45, 7) is 1.91. The molecule has 0 radical (unpaired) electrons. The monoisotopic (exact) mass is 179 g/mol. The van der Waals surface area contributed by atoms with E-state index in [1.807, 2.05) is 32.0 Å². The zero-order valence-electron chi connectivity index (χ0n) is 8.02. The molecular weight excluding hydrogens is 166 g/mol. The summed E-state index contributed by atoms with van der Waals surface area (Å²) in [6, 6.07) is 1.82. The Bertz CT molecular complexity index is 318. The Labute approximate surface area is 77.3 Å². The third-order valence-electron chi connectivity index (χ3n) is 1.47. The van der Waals surface area contributed by atoms with Gasteiger partial charge in [-0.3, -0.25) is 0 Å². The first-order chi connectivity index (χ1) is 6.13. The predicted octanol–water partition coefficient (Wildman–Crippen LogP) is 0.144. The summed E-state index contributed by atoms with van der Waals surface area (Å²) in [6.07, 6.45) is 1.50. The Balaban J connectivity index is 3.11. The number of hydrazone groups is 1. The van der Waals surface area contributed by atoms with Crippen LogP contribution in [0.3, 0.4) is 0 Å². The van der Waals surface area contributed by atoms with Crippen LogP contribution in [0.15, 0.2) is 11.2 Å². The van der Waals surface area contributed by atoms with Crippen LogP contribution in [0.1, 0.15) is 11.4 Å². The second-order valence-corrected chi connectivity index (χ2v) is 2.91. The Kier molecular flexibility index (Phi) is 2.79. The zero-order valence-corrected chi connectivity index (χ0v) is 8.02. The molecule has 5 heteroatoms. The molecule has 0 unspecified atom stereocenters. The summed E-state index contributed by atoms with van der Waals surface area (Å²) < 4.78 is 0. The number of hydrogen-bond donors (Lipinski definition) is 1. The maximum absolute atomic E-state index is 5.03. The van der Waals surface area contributed by atoms with Crippen molar-refractivity contribution in [3.05, 3.63) is 17.5 Å². The first-order valence-electron chi connectivity index (χ1n) is 3.89. The van der Waals surface area contributed by atoms with Crippen LogP contribution in [-0.2, 0) is 0 Å². The molecule has 0 aromatic carbocycles. The first-order valence-corrected chi connectivity index (χ1v) is 3.89. The van der Waals surface area contributed by atoms with E-state index < -0.39 is 0 Å². The minimum atomic E-state index is 0.662. The molecule has 0 bridgehead atoms. The van der Waals surface area contributed by atoms with Crippen LogP contribution in [0.2, 0.25) is 0 Å². The van der Waals surface area contributed by atoms with Crippen LogP contribution in [0, 0.1) is 6.92 Å². The van der Waals surface area contributed by atoms with Crippen molar-refractivity contribution in [3.8, 4) is 0 Å². The van der Waals surface area contributed by atoms with E-state index in [2.05, 4.69) is 15.1 Å². The predicted molar refractivity (Wildman–Crippen MR) is 52.9 cm³/mol. The lowest BCUT2D eigenvalue weighted by Gasteiger charge is -2.10. The van der Waals surface area contributed by atoms with Crippen molar-refractivity contribution < 1.29 is 0 Å². The third-order valence-corrected chi connectivity index (χ3v) is 1.47. The fraction of sp³-hybridized carbons (Fsp3) is 0.375. The zero-order chi connectivity index (χ0) is 9.84. The van der Waals surface area contributed by atoms with Gasteiger partial charge in [-0.2, -0.15) is 5.10 Å². The summed E-state index contributed by atoms with van der Waals surface area (Å²) in [5.74, 6) is 5.69. The molecule has 0 saturated carbocycles. The van der Waals surface area contributed by atoms with Crippen molar-refractivity contribution in [1.82, 2.24) is 9.97 Å². The molecule has 0 amide bonds. The smallest absolute Gasteiger partial charge is 0.225 e. The van der Waals surface area contributed by atoms with Gasteiger partial charge in [0.1, 0.15) is 0 Å². The van der Waals surface area contributed by atoms with Crippen molar-refractivity contribution >= 4 is 12.2 Å². The Morgan fingerprint density at radius 1 is 1.46 bits per heavy atom. The largest absolute Gasteiger partial charge is 0.347 e. The normalized spacial score (nSPS) is 10.7. The second-order valence-electron chi connectivity index (χ2n) is 2.91. The Morgan fingerprint density at radius 3 is 2.69 bits per heavy atom. The lowest BCUT2D eigenvalue weighted by molar-refractivity contribution is 0.972. The van der Waals surface area contributed by atoms with Crippen LogP contribution in [0.5, 0.6) is 0 Å². The molecule has 0 aliphatic heterocycles. The van der Waals surface area contributed by atoms with Crippen LogP contribution in [0.25, 0.3) is 0 Å². The highest BCUT2D eigenvalue weighted by atomic mass is 15.2. The van der Waals surface area contributed by atoms with Gasteiger partial charge >= 0.3 is 0 Å². The van der Waals surface area contributed by atoms with E-state index in [1.165, 1.54) is 6.21 Å². The Hall–Kier alpha value is -1.65. The molecule has 13 heavy (non-hydrogen) atoms. The van der Waals surface area contributed by atoms with Gasteiger partial charge in [-0.25, -0.2) is 9.97 Å². The average Bonchev–Trinajstić information content (AvgIpc) is 2.03. The highest BCUT2D eigenvalue weighted by molar-refractivity contribution is 5.77. The fourth-order valence-corrected chi connectivity index (χ4v) is 0.919. The minimum absolute atomic E-state index is 0.662. The quantitative estimate of drug-likeness (QED) is 0.398.